The zero-order valence-electron chi connectivity index (χ0n) is 20.0. The SMILES string of the molecule is CCN(CC)c1cccc(C=CC=C(c2ccccc2)c2cccc(N(CC)CC)c2)c1. The van der Waals surface area contributed by atoms with Crippen molar-refractivity contribution in [3.8, 4) is 0 Å². The molecule has 0 atom stereocenters. The first-order chi connectivity index (χ1) is 15.7. The summed E-state index contributed by atoms with van der Waals surface area (Å²) in [5.74, 6) is 0. The van der Waals surface area contributed by atoms with E-state index in [2.05, 4.69) is 135 Å². The Kier molecular flexibility index (Phi) is 8.74. The molecule has 0 aromatic heterocycles. The van der Waals surface area contributed by atoms with Crippen LogP contribution in [-0.2, 0) is 0 Å². The van der Waals surface area contributed by atoms with Crippen molar-refractivity contribution in [2.24, 2.45) is 0 Å². The van der Waals surface area contributed by atoms with Crippen molar-refractivity contribution in [3.05, 3.63) is 108 Å². The number of hydrogen-bond donors (Lipinski definition) is 0. The summed E-state index contributed by atoms with van der Waals surface area (Å²) in [7, 11) is 0. The highest BCUT2D eigenvalue weighted by molar-refractivity contribution is 5.83. The largest absolute Gasteiger partial charge is 0.372 e. The molecule has 2 heteroatoms. The molecular formula is C30H36N2. The van der Waals surface area contributed by atoms with Crippen LogP contribution in [-0.4, -0.2) is 26.2 Å². The molecule has 0 aliphatic rings. The Labute approximate surface area is 194 Å². The summed E-state index contributed by atoms with van der Waals surface area (Å²) in [6, 6.07) is 28.3. The number of allylic oxidation sites excluding steroid dienone is 2. The molecule has 0 radical (unpaired) electrons. The van der Waals surface area contributed by atoms with Crippen molar-refractivity contribution in [1.29, 1.82) is 0 Å². The van der Waals surface area contributed by atoms with Crippen LogP contribution in [0.4, 0.5) is 11.4 Å². The highest BCUT2D eigenvalue weighted by Gasteiger charge is 2.08. The standard InChI is InChI=1S/C30H36N2/c1-5-31(6-2)28-20-12-15-25(23-28)16-13-22-30(26-17-10-9-11-18-26)27-19-14-21-29(24-27)32(7-3)8-4/h9-24H,5-8H2,1-4H3. The number of benzene rings is 3. The molecule has 3 rings (SSSR count). The van der Waals surface area contributed by atoms with E-state index in [0.29, 0.717) is 0 Å². The summed E-state index contributed by atoms with van der Waals surface area (Å²) in [5.41, 5.74) is 7.46. The summed E-state index contributed by atoms with van der Waals surface area (Å²) in [6.45, 7) is 12.9. The minimum absolute atomic E-state index is 1.01. The average Bonchev–Trinajstić information content (AvgIpc) is 2.84. The van der Waals surface area contributed by atoms with Gasteiger partial charge in [-0.3, -0.25) is 0 Å². The summed E-state index contributed by atoms with van der Waals surface area (Å²) >= 11 is 0. The molecule has 0 fully saturated rings. The number of anilines is 2. The number of hydrogen-bond acceptors (Lipinski definition) is 2. The van der Waals surface area contributed by atoms with Crippen LogP contribution in [0.25, 0.3) is 11.6 Å². The van der Waals surface area contributed by atoms with Crippen LogP contribution in [0.3, 0.4) is 0 Å². The molecule has 0 saturated carbocycles. The maximum atomic E-state index is 2.39. The Balaban J connectivity index is 1.96. The molecule has 3 aromatic rings. The Morgan fingerprint density at radius 1 is 0.625 bits per heavy atom. The molecule has 32 heavy (non-hydrogen) atoms. The fourth-order valence-electron chi connectivity index (χ4n) is 4.11. The Morgan fingerprint density at radius 3 is 1.81 bits per heavy atom. The lowest BCUT2D eigenvalue weighted by atomic mass is 9.96. The van der Waals surface area contributed by atoms with E-state index in [9.17, 15) is 0 Å². The van der Waals surface area contributed by atoms with Gasteiger partial charge in [0.1, 0.15) is 0 Å². The Morgan fingerprint density at radius 2 is 1.19 bits per heavy atom. The Hall–Kier alpha value is -3.26. The third-order valence-electron chi connectivity index (χ3n) is 5.92. The van der Waals surface area contributed by atoms with Crippen LogP contribution in [0.5, 0.6) is 0 Å². The van der Waals surface area contributed by atoms with Crippen molar-refractivity contribution in [3.63, 3.8) is 0 Å². The lowest BCUT2D eigenvalue weighted by Gasteiger charge is -2.22. The van der Waals surface area contributed by atoms with Gasteiger partial charge in [0.25, 0.3) is 0 Å². The van der Waals surface area contributed by atoms with E-state index in [1.54, 1.807) is 0 Å². The molecular weight excluding hydrogens is 388 g/mol. The summed E-state index contributed by atoms with van der Waals surface area (Å²) in [4.78, 5) is 4.77. The zero-order chi connectivity index (χ0) is 22.8. The monoisotopic (exact) mass is 424 g/mol. The third kappa shape index (κ3) is 5.91. The summed E-state index contributed by atoms with van der Waals surface area (Å²) in [5, 5.41) is 0. The highest BCUT2D eigenvalue weighted by atomic mass is 15.1. The van der Waals surface area contributed by atoms with Crippen molar-refractivity contribution < 1.29 is 0 Å². The van der Waals surface area contributed by atoms with Gasteiger partial charge < -0.3 is 9.80 Å². The van der Waals surface area contributed by atoms with Gasteiger partial charge in [-0.1, -0.05) is 72.8 Å². The fourth-order valence-corrected chi connectivity index (χ4v) is 4.11. The van der Waals surface area contributed by atoms with Gasteiger partial charge in [-0.2, -0.15) is 0 Å². The van der Waals surface area contributed by atoms with E-state index >= 15 is 0 Å². The molecule has 3 aromatic carbocycles. The minimum atomic E-state index is 1.01. The summed E-state index contributed by atoms with van der Waals surface area (Å²) in [6.07, 6.45) is 6.61. The zero-order valence-corrected chi connectivity index (χ0v) is 20.0. The molecule has 166 valence electrons. The van der Waals surface area contributed by atoms with Gasteiger partial charge >= 0.3 is 0 Å². The van der Waals surface area contributed by atoms with Crippen LogP contribution < -0.4 is 9.80 Å². The van der Waals surface area contributed by atoms with Crippen LogP contribution in [0.15, 0.2) is 91.0 Å². The van der Waals surface area contributed by atoms with Crippen molar-refractivity contribution >= 4 is 23.0 Å². The molecule has 0 unspecified atom stereocenters. The van der Waals surface area contributed by atoms with Gasteiger partial charge in [0.2, 0.25) is 0 Å². The first kappa shape index (κ1) is 23.4. The number of rotatable bonds is 10. The van der Waals surface area contributed by atoms with E-state index in [4.69, 9.17) is 0 Å². The van der Waals surface area contributed by atoms with E-state index in [1.165, 1.54) is 33.6 Å². The average molecular weight is 425 g/mol. The predicted molar refractivity (Wildman–Crippen MR) is 143 cm³/mol. The topological polar surface area (TPSA) is 6.48 Å². The van der Waals surface area contributed by atoms with Crippen LogP contribution in [0.2, 0.25) is 0 Å². The Bertz CT molecular complexity index is 1030. The molecule has 0 amide bonds. The molecule has 0 aliphatic carbocycles. The maximum absolute atomic E-state index is 2.39. The summed E-state index contributed by atoms with van der Waals surface area (Å²) < 4.78 is 0. The molecule has 2 nitrogen and oxygen atoms in total. The molecule has 0 saturated heterocycles. The van der Waals surface area contributed by atoms with Gasteiger partial charge in [0.15, 0.2) is 0 Å². The van der Waals surface area contributed by atoms with Gasteiger partial charge in [0, 0.05) is 37.6 Å². The van der Waals surface area contributed by atoms with Crippen LogP contribution >= 0.6 is 0 Å². The third-order valence-corrected chi connectivity index (χ3v) is 5.92. The molecule has 0 N–H and O–H groups in total. The van der Waals surface area contributed by atoms with Crippen LogP contribution in [0.1, 0.15) is 44.4 Å². The van der Waals surface area contributed by atoms with Crippen molar-refractivity contribution in [2.75, 3.05) is 36.0 Å². The second-order valence-corrected chi connectivity index (χ2v) is 7.80. The second kappa shape index (κ2) is 12.0. The van der Waals surface area contributed by atoms with E-state index in [0.717, 1.165) is 26.2 Å². The van der Waals surface area contributed by atoms with E-state index in [1.807, 2.05) is 0 Å². The smallest absolute Gasteiger partial charge is 0.0372 e. The number of nitrogens with zero attached hydrogens (tertiary/aromatic N) is 2. The van der Waals surface area contributed by atoms with Gasteiger partial charge in [-0.15, -0.1) is 0 Å². The van der Waals surface area contributed by atoms with Crippen LogP contribution in [0, 0.1) is 0 Å². The molecule has 0 bridgehead atoms. The molecule has 0 heterocycles. The van der Waals surface area contributed by atoms with Crippen molar-refractivity contribution in [2.45, 2.75) is 27.7 Å². The lowest BCUT2D eigenvalue weighted by molar-refractivity contribution is 0.866. The van der Waals surface area contributed by atoms with E-state index in [-0.39, 0.29) is 0 Å². The maximum Gasteiger partial charge on any atom is 0.0372 e. The quantitative estimate of drug-likeness (QED) is 0.310. The highest BCUT2D eigenvalue weighted by Crippen LogP contribution is 2.27. The fraction of sp³-hybridized carbons (Fsp3) is 0.267. The predicted octanol–water partition coefficient (Wildman–Crippen LogP) is 7.52. The van der Waals surface area contributed by atoms with Crippen molar-refractivity contribution in [1.82, 2.24) is 0 Å². The first-order valence-corrected chi connectivity index (χ1v) is 11.8. The van der Waals surface area contributed by atoms with Gasteiger partial charge in [-0.05, 0) is 74.2 Å². The minimum Gasteiger partial charge on any atom is -0.372 e. The lowest BCUT2D eigenvalue weighted by Crippen LogP contribution is -2.21. The molecule has 0 aliphatic heterocycles. The van der Waals surface area contributed by atoms with Gasteiger partial charge in [-0.25, -0.2) is 0 Å². The molecule has 0 spiro atoms. The second-order valence-electron chi connectivity index (χ2n) is 7.80. The van der Waals surface area contributed by atoms with E-state index < -0.39 is 0 Å². The van der Waals surface area contributed by atoms with Gasteiger partial charge in [0.05, 0.1) is 0 Å². The first-order valence-electron chi connectivity index (χ1n) is 11.8. The normalized spacial score (nSPS) is 11.7.